The van der Waals surface area contributed by atoms with E-state index in [1.807, 2.05) is 17.9 Å². The minimum absolute atomic E-state index is 0.00639. The summed E-state index contributed by atoms with van der Waals surface area (Å²) in [5.74, 6) is 0.137. The molecule has 5 nitrogen and oxygen atoms in total. The molecule has 37 heavy (non-hydrogen) atoms. The zero-order valence-electron chi connectivity index (χ0n) is 20.6. The number of piperidine rings is 1. The summed E-state index contributed by atoms with van der Waals surface area (Å²) in [6.07, 6.45) is -3.37. The lowest BCUT2D eigenvalue weighted by atomic mass is 10.0. The molecule has 1 aromatic heterocycles. The van der Waals surface area contributed by atoms with E-state index in [9.17, 15) is 22.4 Å². The van der Waals surface area contributed by atoms with Crippen LogP contribution in [0.25, 0.3) is 11.0 Å². The summed E-state index contributed by atoms with van der Waals surface area (Å²) in [6, 6.07) is 15.3. The van der Waals surface area contributed by atoms with Crippen LogP contribution in [0.1, 0.15) is 35.6 Å². The molecule has 3 aromatic carbocycles. The average molecular weight is 514 g/mol. The molecule has 1 aliphatic heterocycles. The van der Waals surface area contributed by atoms with Crippen LogP contribution in [0.5, 0.6) is 5.75 Å². The highest BCUT2D eigenvalue weighted by molar-refractivity contribution is 5.83. The Labute approximate surface area is 211 Å². The van der Waals surface area contributed by atoms with Gasteiger partial charge in [-0.1, -0.05) is 36.4 Å². The Hall–Kier alpha value is -3.75. The molecule has 0 atom stereocenters. The molecule has 0 saturated carbocycles. The van der Waals surface area contributed by atoms with Crippen molar-refractivity contribution >= 4 is 16.7 Å². The molecule has 0 spiro atoms. The average Bonchev–Trinajstić information content (AvgIpc) is 3.15. The predicted octanol–water partition coefficient (Wildman–Crippen LogP) is 6.17. The zero-order valence-corrected chi connectivity index (χ0v) is 20.6. The monoisotopic (exact) mass is 513 g/mol. The second kappa shape index (κ2) is 9.61. The minimum atomic E-state index is -4.54. The van der Waals surface area contributed by atoms with Gasteiger partial charge in [-0.05, 0) is 55.2 Å². The fourth-order valence-corrected chi connectivity index (χ4v) is 5.45. The van der Waals surface area contributed by atoms with Crippen LogP contribution in [0.2, 0.25) is 0 Å². The molecule has 1 aliphatic rings. The van der Waals surface area contributed by atoms with Gasteiger partial charge in [0.2, 0.25) is 0 Å². The number of benzene rings is 3. The molecule has 2 heterocycles. The number of para-hydroxylation sites is 2. The number of hydrogen-bond donors (Lipinski definition) is 0. The maximum atomic E-state index is 14.5. The lowest BCUT2D eigenvalue weighted by Crippen LogP contribution is -2.38. The van der Waals surface area contributed by atoms with Crippen molar-refractivity contribution in [3.63, 3.8) is 0 Å². The van der Waals surface area contributed by atoms with Crippen molar-refractivity contribution in [1.82, 2.24) is 9.13 Å². The summed E-state index contributed by atoms with van der Waals surface area (Å²) in [7, 11) is 1.47. The summed E-state index contributed by atoms with van der Waals surface area (Å²) in [5.41, 5.74) is 1.32. The maximum absolute atomic E-state index is 14.5. The molecular weight excluding hydrogens is 486 g/mol. The Morgan fingerprint density at radius 1 is 0.973 bits per heavy atom. The van der Waals surface area contributed by atoms with Gasteiger partial charge in [-0.25, -0.2) is 9.18 Å². The third-order valence-electron chi connectivity index (χ3n) is 7.15. The lowest BCUT2D eigenvalue weighted by Gasteiger charge is -2.35. The quantitative estimate of drug-likeness (QED) is 0.300. The molecule has 0 aliphatic carbocycles. The van der Waals surface area contributed by atoms with Gasteiger partial charge in [0.1, 0.15) is 17.1 Å². The van der Waals surface area contributed by atoms with E-state index in [1.165, 1.54) is 35.9 Å². The number of alkyl halides is 3. The molecule has 0 amide bonds. The number of fused-ring (bicyclic) bond motifs is 1. The van der Waals surface area contributed by atoms with E-state index < -0.39 is 17.4 Å². The second-order valence-electron chi connectivity index (χ2n) is 9.35. The van der Waals surface area contributed by atoms with Gasteiger partial charge in [0.05, 0.1) is 30.4 Å². The lowest BCUT2D eigenvalue weighted by molar-refractivity contribution is -0.138. The number of aryl methyl sites for hydroxylation is 1. The van der Waals surface area contributed by atoms with E-state index in [2.05, 4.69) is 0 Å². The maximum Gasteiger partial charge on any atom is 0.416 e. The van der Waals surface area contributed by atoms with Crippen molar-refractivity contribution in [3.05, 3.63) is 93.7 Å². The van der Waals surface area contributed by atoms with Gasteiger partial charge in [-0.3, -0.25) is 9.13 Å². The van der Waals surface area contributed by atoms with Gasteiger partial charge < -0.3 is 9.64 Å². The zero-order chi connectivity index (χ0) is 26.3. The predicted molar refractivity (Wildman–Crippen MR) is 135 cm³/mol. The molecule has 194 valence electrons. The summed E-state index contributed by atoms with van der Waals surface area (Å²) in [6.45, 7) is 2.72. The molecular formula is C28H27F4N3O2. The van der Waals surface area contributed by atoms with Gasteiger partial charge in [0, 0.05) is 19.1 Å². The van der Waals surface area contributed by atoms with Crippen LogP contribution in [0, 0.1) is 12.7 Å². The van der Waals surface area contributed by atoms with Crippen molar-refractivity contribution in [3.8, 4) is 5.75 Å². The Morgan fingerprint density at radius 3 is 2.35 bits per heavy atom. The fourth-order valence-electron chi connectivity index (χ4n) is 5.45. The van der Waals surface area contributed by atoms with Gasteiger partial charge in [-0.15, -0.1) is 0 Å². The van der Waals surface area contributed by atoms with E-state index in [-0.39, 0.29) is 24.0 Å². The van der Waals surface area contributed by atoms with Crippen molar-refractivity contribution < 1.29 is 22.3 Å². The van der Waals surface area contributed by atoms with Crippen molar-refractivity contribution in [1.29, 1.82) is 0 Å². The number of imidazole rings is 1. The SMILES string of the molecule is COc1cccc2c1n(Cc1ccccc1C(F)(F)F)c(=O)n2C1CCN(c2c(C)cccc2F)CC1. The Balaban J connectivity index is 1.55. The van der Waals surface area contributed by atoms with Crippen LogP contribution in [0.15, 0.2) is 65.5 Å². The molecule has 0 bridgehead atoms. The molecule has 0 N–H and O–H groups in total. The number of hydrogen-bond acceptors (Lipinski definition) is 3. The standard InChI is InChI=1S/C28H27F4N3O2/c1-18-7-5-10-22(29)25(18)33-15-13-20(14-16-33)35-23-11-6-12-24(37-2)26(23)34(27(35)36)17-19-8-3-4-9-21(19)28(30,31)32/h3-12,20H,13-17H2,1-2H3. The first-order valence-electron chi connectivity index (χ1n) is 12.1. The highest BCUT2D eigenvalue weighted by Gasteiger charge is 2.34. The van der Waals surface area contributed by atoms with Crippen LogP contribution in [0.4, 0.5) is 23.2 Å². The molecule has 5 rings (SSSR count). The number of halogens is 4. The van der Waals surface area contributed by atoms with Gasteiger partial charge in [0.15, 0.2) is 0 Å². The van der Waals surface area contributed by atoms with Gasteiger partial charge in [-0.2, -0.15) is 13.2 Å². The summed E-state index contributed by atoms with van der Waals surface area (Å²) >= 11 is 0. The number of aromatic nitrogens is 2. The first kappa shape index (κ1) is 24.9. The van der Waals surface area contributed by atoms with Gasteiger partial charge in [0.25, 0.3) is 0 Å². The van der Waals surface area contributed by atoms with E-state index in [1.54, 1.807) is 28.8 Å². The number of ether oxygens (including phenoxy) is 1. The van der Waals surface area contributed by atoms with Crippen molar-refractivity contribution in [2.75, 3.05) is 25.1 Å². The highest BCUT2D eigenvalue weighted by Crippen LogP contribution is 2.35. The fraction of sp³-hybridized carbons (Fsp3) is 0.321. The van der Waals surface area contributed by atoms with Gasteiger partial charge >= 0.3 is 11.9 Å². The first-order valence-corrected chi connectivity index (χ1v) is 12.1. The summed E-state index contributed by atoms with van der Waals surface area (Å²) in [4.78, 5) is 15.8. The molecule has 4 aromatic rings. The Kier molecular flexibility index (Phi) is 6.47. The number of rotatable bonds is 5. The minimum Gasteiger partial charge on any atom is -0.494 e. The molecule has 1 fully saturated rings. The Morgan fingerprint density at radius 2 is 1.68 bits per heavy atom. The van der Waals surface area contributed by atoms with Crippen LogP contribution >= 0.6 is 0 Å². The summed E-state index contributed by atoms with van der Waals surface area (Å²) < 4.78 is 64.2. The van der Waals surface area contributed by atoms with E-state index in [0.29, 0.717) is 48.4 Å². The third kappa shape index (κ3) is 4.47. The van der Waals surface area contributed by atoms with E-state index in [0.717, 1.165) is 11.6 Å². The number of nitrogens with zero attached hydrogens (tertiary/aromatic N) is 3. The van der Waals surface area contributed by atoms with Crippen LogP contribution < -0.4 is 15.3 Å². The molecule has 0 radical (unpaired) electrons. The number of anilines is 1. The Bertz CT molecular complexity index is 1480. The van der Waals surface area contributed by atoms with Crippen LogP contribution in [-0.4, -0.2) is 29.3 Å². The molecule has 0 unspecified atom stereocenters. The summed E-state index contributed by atoms with van der Waals surface area (Å²) in [5, 5.41) is 0. The normalized spacial score (nSPS) is 14.9. The van der Waals surface area contributed by atoms with Crippen LogP contribution in [-0.2, 0) is 12.7 Å². The van der Waals surface area contributed by atoms with Crippen molar-refractivity contribution in [2.24, 2.45) is 0 Å². The van der Waals surface area contributed by atoms with Crippen LogP contribution in [0.3, 0.4) is 0 Å². The second-order valence-corrected chi connectivity index (χ2v) is 9.35. The first-order chi connectivity index (χ1) is 17.7. The van der Waals surface area contributed by atoms with E-state index in [4.69, 9.17) is 4.74 Å². The third-order valence-corrected chi connectivity index (χ3v) is 7.15. The van der Waals surface area contributed by atoms with E-state index >= 15 is 0 Å². The molecule has 1 saturated heterocycles. The largest absolute Gasteiger partial charge is 0.494 e. The smallest absolute Gasteiger partial charge is 0.416 e. The topological polar surface area (TPSA) is 39.4 Å². The van der Waals surface area contributed by atoms with Crippen molar-refractivity contribution in [2.45, 2.75) is 38.5 Å². The number of methoxy groups -OCH3 is 1. The highest BCUT2D eigenvalue weighted by atomic mass is 19.4. The molecule has 9 heteroatoms.